The molecule has 0 bridgehead atoms. The second-order valence-electron chi connectivity index (χ2n) is 10.7. The summed E-state index contributed by atoms with van der Waals surface area (Å²) in [6.45, 7) is 5.33. The molecule has 5 heteroatoms. The van der Waals surface area contributed by atoms with Gasteiger partial charge in [0, 0.05) is 18.7 Å². The Morgan fingerprint density at radius 2 is 1.92 bits per heavy atom. The number of benzene rings is 3. The third-order valence-corrected chi connectivity index (χ3v) is 8.87. The van der Waals surface area contributed by atoms with E-state index in [1.807, 2.05) is 17.0 Å². The average Bonchev–Trinajstić information content (AvgIpc) is 3.23. The molecule has 3 nitrogen and oxygen atoms in total. The zero-order chi connectivity index (χ0) is 25.5. The van der Waals surface area contributed by atoms with Crippen molar-refractivity contribution in [1.82, 2.24) is 4.90 Å². The lowest BCUT2D eigenvalue weighted by atomic mass is 9.81. The fraction of sp³-hybridized carbons (Fsp3) is 0.355. The number of halogens is 2. The van der Waals surface area contributed by atoms with Gasteiger partial charge in [-0.25, -0.2) is 4.39 Å². The molecule has 3 aromatic carbocycles. The van der Waals surface area contributed by atoms with Gasteiger partial charge >= 0.3 is 0 Å². The smallest absolute Gasteiger partial charge is 0.253 e. The summed E-state index contributed by atoms with van der Waals surface area (Å²) in [7, 11) is 0. The predicted octanol–water partition coefficient (Wildman–Crippen LogP) is 7.07. The molecule has 184 valence electrons. The lowest BCUT2D eigenvalue weighted by Gasteiger charge is -2.25. The first kappa shape index (κ1) is 24.5. The summed E-state index contributed by atoms with van der Waals surface area (Å²) in [5.74, 6) is -0.294. The molecule has 1 amide bonds. The van der Waals surface area contributed by atoms with Crippen molar-refractivity contribution in [3.8, 4) is 6.07 Å². The zero-order valence-electron chi connectivity index (χ0n) is 20.8. The molecule has 1 saturated carbocycles. The molecule has 0 aromatic heterocycles. The van der Waals surface area contributed by atoms with Gasteiger partial charge in [-0.1, -0.05) is 41.9 Å². The van der Waals surface area contributed by atoms with Gasteiger partial charge in [0.2, 0.25) is 0 Å². The Bertz CT molecular complexity index is 1380. The maximum Gasteiger partial charge on any atom is 0.253 e. The number of amides is 1. The van der Waals surface area contributed by atoms with Crippen LogP contribution in [0.1, 0.15) is 57.4 Å². The number of hydrogen-bond donors (Lipinski definition) is 0. The minimum absolute atomic E-state index is 0.00876. The first-order valence-corrected chi connectivity index (χ1v) is 12.9. The highest BCUT2D eigenvalue weighted by Gasteiger charge is 2.68. The van der Waals surface area contributed by atoms with Crippen molar-refractivity contribution in [2.24, 2.45) is 10.8 Å². The lowest BCUT2D eigenvalue weighted by Crippen LogP contribution is -2.30. The van der Waals surface area contributed by atoms with Gasteiger partial charge in [0.1, 0.15) is 11.9 Å². The third-order valence-electron chi connectivity index (χ3n) is 8.56. The molecular formula is C31H30ClFN2O. The van der Waals surface area contributed by atoms with E-state index in [2.05, 4.69) is 37.3 Å². The molecule has 5 rings (SSSR count). The molecule has 36 heavy (non-hydrogen) atoms. The number of nitriles is 1. The van der Waals surface area contributed by atoms with Crippen LogP contribution in [0.2, 0.25) is 5.02 Å². The van der Waals surface area contributed by atoms with Gasteiger partial charge in [0.25, 0.3) is 5.91 Å². The molecule has 3 aromatic rings. The summed E-state index contributed by atoms with van der Waals surface area (Å²) in [6, 6.07) is 21.1. The Morgan fingerprint density at radius 1 is 1.11 bits per heavy atom. The van der Waals surface area contributed by atoms with Crippen molar-refractivity contribution >= 4 is 17.5 Å². The molecule has 0 unspecified atom stereocenters. The number of nitrogens with zero attached hydrogens (tertiary/aromatic N) is 2. The normalized spacial score (nSPS) is 22.6. The third kappa shape index (κ3) is 4.42. The van der Waals surface area contributed by atoms with Gasteiger partial charge in [-0.15, -0.1) is 0 Å². The molecule has 1 saturated heterocycles. The second-order valence-corrected chi connectivity index (χ2v) is 11.1. The van der Waals surface area contributed by atoms with Crippen LogP contribution in [0.15, 0.2) is 60.7 Å². The topological polar surface area (TPSA) is 44.1 Å². The van der Waals surface area contributed by atoms with E-state index in [-0.39, 0.29) is 22.6 Å². The fourth-order valence-electron chi connectivity index (χ4n) is 6.24. The zero-order valence-corrected chi connectivity index (χ0v) is 21.5. The quantitative estimate of drug-likeness (QED) is 0.363. The maximum absolute atomic E-state index is 13.8. The van der Waals surface area contributed by atoms with Crippen LogP contribution in [-0.4, -0.2) is 23.9 Å². The molecule has 1 heterocycles. The van der Waals surface area contributed by atoms with Crippen molar-refractivity contribution in [3.05, 3.63) is 105 Å². The largest absolute Gasteiger partial charge is 0.338 e. The molecule has 2 aliphatic rings. The minimum Gasteiger partial charge on any atom is -0.338 e. The van der Waals surface area contributed by atoms with Crippen LogP contribution in [-0.2, 0) is 12.8 Å². The Kier molecular flexibility index (Phi) is 6.39. The molecule has 0 radical (unpaired) electrons. The van der Waals surface area contributed by atoms with E-state index in [9.17, 15) is 14.4 Å². The summed E-state index contributed by atoms with van der Waals surface area (Å²) in [4.78, 5) is 15.3. The Labute approximate surface area is 217 Å². The van der Waals surface area contributed by atoms with Gasteiger partial charge in [-0.2, -0.15) is 5.26 Å². The highest BCUT2D eigenvalue weighted by Crippen LogP contribution is 2.71. The van der Waals surface area contributed by atoms with Gasteiger partial charge in [-0.05, 0) is 109 Å². The van der Waals surface area contributed by atoms with Gasteiger partial charge in [0.05, 0.1) is 10.6 Å². The summed E-state index contributed by atoms with van der Waals surface area (Å²) < 4.78 is 13.8. The van der Waals surface area contributed by atoms with Gasteiger partial charge in [-0.3, -0.25) is 4.79 Å². The van der Waals surface area contributed by atoms with Gasteiger partial charge in [0.15, 0.2) is 0 Å². The molecule has 1 aliphatic carbocycles. The summed E-state index contributed by atoms with van der Waals surface area (Å²) in [5, 5.41) is 9.70. The maximum atomic E-state index is 13.8. The highest BCUT2D eigenvalue weighted by molar-refractivity contribution is 6.31. The molecule has 2 fully saturated rings. The first-order valence-electron chi connectivity index (χ1n) is 12.5. The van der Waals surface area contributed by atoms with Crippen molar-refractivity contribution < 1.29 is 9.18 Å². The van der Waals surface area contributed by atoms with Crippen LogP contribution in [0.4, 0.5) is 4.39 Å². The molecule has 0 N–H and O–H groups in total. The molecule has 1 spiro atoms. The van der Waals surface area contributed by atoms with Crippen LogP contribution < -0.4 is 0 Å². The van der Waals surface area contributed by atoms with Crippen LogP contribution in [0, 0.1) is 41.8 Å². The van der Waals surface area contributed by atoms with E-state index in [4.69, 9.17) is 11.6 Å². The Hall–Kier alpha value is -3.16. The highest BCUT2D eigenvalue weighted by atomic mass is 35.5. The number of carbonyl (C=O) groups is 1. The van der Waals surface area contributed by atoms with Crippen LogP contribution in [0.5, 0.6) is 0 Å². The van der Waals surface area contributed by atoms with E-state index in [1.165, 1.54) is 17.2 Å². The molecule has 1 aliphatic heterocycles. The molecular weight excluding hydrogens is 471 g/mol. The van der Waals surface area contributed by atoms with Crippen LogP contribution >= 0.6 is 11.6 Å². The van der Waals surface area contributed by atoms with Crippen molar-refractivity contribution in [2.75, 3.05) is 13.1 Å². The number of likely N-dealkylation sites (tertiary alicyclic amines) is 1. The van der Waals surface area contributed by atoms with E-state index < -0.39 is 0 Å². The number of carbonyl (C=O) groups excluding carboxylic acids is 1. The Morgan fingerprint density at radius 3 is 2.64 bits per heavy atom. The second kappa shape index (κ2) is 9.37. The number of rotatable bonds is 6. The minimum atomic E-state index is -0.285. The standard InChI is InChI=1S/C31H30ClFN2O/c1-21-5-3-4-6-25(21)17-30(12-11-23-7-8-26(18-34)27(32)16-23)19-31(30)13-14-35(20-31)29(36)24-9-10-28(33)22(2)15-24/h3-10,15-16H,11-14,17,19-20H2,1-2H3/t30-,31+/m1/s1. The number of hydrogen-bond acceptors (Lipinski definition) is 2. The van der Waals surface area contributed by atoms with E-state index in [0.29, 0.717) is 21.7 Å². The molecule has 2 atom stereocenters. The fourth-order valence-corrected chi connectivity index (χ4v) is 6.49. The summed E-state index contributed by atoms with van der Waals surface area (Å²) >= 11 is 6.31. The predicted molar refractivity (Wildman–Crippen MR) is 141 cm³/mol. The number of aryl methyl sites for hydroxylation is 3. The van der Waals surface area contributed by atoms with E-state index in [0.717, 1.165) is 50.8 Å². The van der Waals surface area contributed by atoms with Gasteiger partial charge < -0.3 is 4.90 Å². The van der Waals surface area contributed by atoms with Crippen LogP contribution in [0.3, 0.4) is 0 Å². The van der Waals surface area contributed by atoms with E-state index in [1.54, 1.807) is 25.1 Å². The average molecular weight is 501 g/mol. The van der Waals surface area contributed by atoms with Crippen molar-refractivity contribution in [1.29, 1.82) is 5.26 Å². The first-order chi connectivity index (χ1) is 17.3. The summed E-state index contributed by atoms with van der Waals surface area (Å²) in [5.41, 5.74) is 5.56. The Balaban J connectivity index is 1.38. The van der Waals surface area contributed by atoms with Crippen molar-refractivity contribution in [2.45, 2.75) is 46.0 Å². The summed E-state index contributed by atoms with van der Waals surface area (Å²) in [6.07, 6.45) is 4.94. The lowest BCUT2D eigenvalue weighted by molar-refractivity contribution is 0.0780. The monoisotopic (exact) mass is 500 g/mol. The van der Waals surface area contributed by atoms with E-state index >= 15 is 0 Å². The van der Waals surface area contributed by atoms with Crippen LogP contribution in [0.25, 0.3) is 0 Å². The SMILES string of the molecule is Cc1cc(C(=O)N2CC[C@@]3(C2)C[C@@]3(CCc2ccc(C#N)c(Cl)c2)Cc2ccccc2C)ccc1F. The van der Waals surface area contributed by atoms with Crippen molar-refractivity contribution in [3.63, 3.8) is 0 Å².